The third-order valence-corrected chi connectivity index (χ3v) is 6.56. The van der Waals surface area contributed by atoms with Crippen LogP contribution in [0.1, 0.15) is 0 Å². The van der Waals surface area contributed by atoms with E-state index in [9.17, 15) is 13.2 Å². The minimum Gasteiger partial charge on any atom is -0.161 e. The van der Waals surface area contributed by atoms with Gasteiger partial charge in [0.1, 0.15) is 0 Å². The Balaban J connectivity index is 2.69. The first-order chi connectivity index (χ1) is 5.08. The monoisotopic (exact) mass is 388 g/mol. The van der Waals surface area contributed by atoms with Crippen molar-refractivity contribution in [2.75, 3.05) is 4.43 Å². The van der Waals surface area contributed by atoms with Crippen molar-refractivity contribution in [3.8, 4) is 0 Å². The van der Waals surface area contributed by atoms with Crippen LogP contribution in [0.4, 0.5) is 13.2 Å². The van der Waals surface area contributed by atoms with Gasteiger partial charge in [0.25, 0.3) is 0 Å². The molecule has 0 atom stereocenters. The molecule has 1 aliphatic rings. The lowest BCUT2D eigenvalue weighted by Crippen LogP contribution is -2.01. The first-order valence-corrected chi connectivity index (χ1v) is 7.67. The van der Waals surface area contributed by atoms with Crippen LogP contribution in [0, 0.1) is 0 Å². The van der Waals surface area contributed by atoms with Crippen LogP contribution in [0.15, 0.2) is 12.2 Å². The maximum Gasteiger partial charge on any atom is 0.436 e. The molecule has 0 aromatic heterocycles. The number of hydrogen-bond donors (Lipinski definition) is 0. The molecule has 0 aromatic rings. The van der Waals surface area contributed by atoms with Gasteiger partial charge in [-0.05, 0) is 7.52 Å². The average Bonchev–Trinajstić information content (AvgIpc) is 1.85. The SMILES string of the molecule is FC(F)(F)I=C1C=CC=IC1. The summed E-state index contributed by atoms with van der Waals surface area (Å²) in [4.78, 5) is 0. The summed E-state index contributed by atoms with van der Waals surface area (Å²) in [7, 11) is 0. The van der Waals surface area contributed by atoms with Crippen molar-refractivity contribution in [3.63, 3.8) is 0 Å². The second-order valence-electron chi connectivity index (χ2n) is 1.74. The van der Waals surface area contributed by atoms with E-state index in [1.807, 2.05) is 4.01 Å². The molecule has 0 N–H and O–H groups in total. The molecule has 0 bridgehead atoms. The molecular formula is C6H5F3I2. The molecule has 11 heavy (non-hydrogen) atoms. The number of alkyl halides is 5. The van der Waals surface area contributed by atoms with Gasteiger partial charge in [0, 0.05) is 25.2 Å². The maximum atomic E-state index is 11.8. The standard InChI is InChI=1S/C6H5F3I2/c7-6(8,9)11-5-2-1-3-10-4-5/h1-3H,4H2. The smallest absolute Gasteiger partial charge is 0.161 e. The van der Waals surface area contributed by atoms with E-state index < -0.39 is 24.9 Å². The zero-order valence-electron chi connectivity index (χ0n) is 5.33. The molecule has 0 saturated heterocycles. The quantitative estimate of drug-likeness (QED) is 0.443. The average molecular weight is 388 g/mol. The Labute approximate surface area is 82.4 Å². The fraction of sp³-hybridized carbons (Fsp3) is 0.333. The van der Waals surface area contributed by atoms with E-state index in [0.717, 1.165) is 0 Å². The third kappa shape index (κ3) is 4.34. The van der Waals surface area contributed by atoms with Gasteiger partial charge in [-0.15, -0.1) is 20.7 Å². The van der Waals surface area contributed by atoms with Crippen LogP contribution in [0.5, 0.6) is 0 Å². The molecule has 0 nitrogen and oxygen atoms in total. The normalized spacial score (nSPS) is 22.6. The van der Waals surface area contributed by atoms with E-state index in [0.29, 0.717) is 7.94 Å². The lowest BCUT2D eigenvalue weighted by Gasteiger charge is -2.02. The molecule has 0 unspecified atom stereocenters. The minimum absolute atomic E-state index is 0.102. The zero-order chi connectivity index (χ0) is 8.32. The van der Waals surface area contributed by atoms with Gasteiger partial charge < -0.3 is 0 Å². The molecule has 1 heterocycles. The number of rotatable bonds is 0. The molecule has 0 radical (unpaired) electrons. The Bertz CT molecular complexity index is 224. The molecule has 0 aromatic carbocycles. The third-order valence-electron chi connectivity index (χ3n) is 0.872. The van der Waals surface area contributed by atoms with Crippen molar-refractivity contribution in [1.29, 1.82) is 0 Å². The number of hydrogen-bond acceptors (Lipinski definition) is 0. The van der Waals surface area contributed by atoms with E-state index in [-0.39, 0.29) is 20.7 Å². The van der Waals surface area contributed by atoms with Crippen LogP contribution >= 0.6 is 41.5 Å². The molecular weight excluding hydrogens is 383 g/mol. The predicted molar refractivity (Wildman–Crippen MR) is 59.2 cm³/mol. The first kappa shape index (κ1) is 9.82. The summed E-state index contributed by atoms with van der Waals surface area (Å²) in [5, 5.41) is 0. The van der Waals surface area contributed by atoms with E-state index in [1.54, 1.807) is 12.2 Å². The lowest BCUT2D eigenvalue weighted by molar-refractivity contribution is -0.0127. The van der Waals surface area contributed by atoms with Gasteiger partial charge in [0.15, 0.2) is 0 Å². The molecule has 0 amide bonds. The van der Waals surface area contributed by atoms with Crippen molar-refractivity contribution in [2.24, 2.45) is 0 Å². The van der Waals surface area contributed by atoms with Crippen LogP contribution in [0.3, 0.4) is 0 Å². The topological polar surface area (TPSA) is 0 Å². The maximum absolute atomic E-state index is 11.8. The van der Waals surface area contributed by atoms with Gasteiger partial charge in [0.2, 0.25) is 0 Å². The summed E-state index contributed by atoms with van der Waals surface area (Å²) in [5.41, 5.74) is 0. The molecule has 1 aliphatic heterocycles. The van der Waals surface area contributed by atoms with Crippen molar-refractivity contribution < 1.29 is 13.2 Å². The Morgan fingerprint density at radius 3 is 2.64 bits per heavy atom. The van der Waals surface area contributed by atoms with Crippen molar-refractivity contribution in [2.45, 2.75) is 4.18 Å². The Kier molecular flexibility index (Phi) is 3.66. The Hall–Kier alpha value is 0.730. The highest BCUT2D eigenvalue weighted by Crippen LogP contribution is 2.32. The molecule has 0 saturated carbocycles. The summed E-state index contributed by atoms with van der Waals surface area (Å²) < 4.78 is 34.9. The first-order valence-electron chi connectivity index (χ1n) is 2.74. The molecule has 1 rings (SSSR count). The van der Waals surface area contributed by atoms with Gasteiger partial charge in [-0.25, -0.2) is 0 Å². The van der Waals surface area contributed by atoms with Crippen LogP contribution in [0.2, 0.25) is 0 Å². The van der Waals surface area contributed by atoms with Gasteiger partial charge in [-0.1, -0.05) is 12.2 Å². The lowest BCUT2D eigenvalue weighted by atomic mass is 10.4. The predicted octanol–water partition coefficient (Wildman–Crippen LogP) is 2.99. The summed E-state index contributed by atoms with van der Waals surface area (Å²) in [6.07, 6.45) is 3.39. The van der Waals surface area contributed by atoms with Gasteiger partial charge >= 0.3 is 4.18 Å². The highest BCUT2D eigenvalue weighted by molar-refractivity contribution is 14.2. The van der Waals surface area contributed by atoms with Gasteiger partial charge in [-0.2, -0.15) is 13.2 Å². The van der Waals surface area contributed by atoms with Crippen LogP contribution < -0.4 is 0 Å². The van der Waals surface area contributed by atoms with E-state index >= 15 is 0 Å². The summed E-state index contributed by atoms with van der Waals surface area (Å²) in [6, 6.07) is 0. The summed E-state index contributed by atoms with van der Waals surface area (Å²) in [6.45, 7) is 0. The van der Waals surface area contributed by atoms with E-state index in [2.05, 4.69) is 0 Å². The Morgan fingerprint density at radius 1 is 1.45 bits per heavy atom. The van der Waals surface area contributed by atoms with Crippen molar-refractivity contribution in [1.82, 2.24) is 0 Å². The number of halogens is 5. The molecule has 5 heteroatoms. The molecule has 0 spiro atoms. The van der Waals surface area contributed by atoms with Crippen molar-refractivity contribution >= 4 is 49.0 Å². The fourth-order valence-corrected chi connectivity index (χ4v) is 5.38. The minimum atomic E-state index is -3.92. The molecule has 0 aliphatic carbocycles. The molecule has 0 fully saturated rings. The summed E-state index contributed by atoms with van der Waals surface area (Å²) >= 11 is -1.80. The highest BCUT2D eigenvalue weighted by atomic mass is 127. The Morgan fingerprint density at radius 2 is 2.18 bits per heavy atom. The van der Waals surface area contributed by atoms with Gasteiger partial charge in [0.05, 0.1) is 0 Å². The second-order valence-corrected chi connectivity index (χ2v) is 7.25. The molecule has 64 valence electrons. The van der Waals surface area contributed by atoms with Gasteiger partial charge in [-0.3, -0.25) is 0 Å². The van der Waals surface area contributed by atoms with Crippen molar-refractivity contribution in [3.05, 3.63) is 12.2 Å². The summed E-state index contributed by atoms with van der Waals surface area (Å²) in [5.74, 6) is 0. The zero-order valence-corrected chi connectivity index (χ0v) is 9.64. The van der Waals surface area contributed by atoms with Crippen LogP contribution in [-0.2, 0) is 0 Å². The van der Waals surface area contributed by atoms with E-state index in [1.165, 1.54) is 0 Å². The fourth-order valence-electron chi connectivity index (χ4n) is 0.549. The second kappa shape index (κ2) is 4.11. The number of allylic oxidation sites excluding steroid dienone is 2. The van der Waals surface area contributed by atoms with Crippen LogP contribution in [-0.4, -0.2) is 16.1 Å². The highest BCUT2D eigenvalue weighted by Gasteiger charge is 2.24. The van der Waals surface area contributed by atoms with Crippen LogP contribution in [0.25, 0.3) is 0 Å². The largest absolute Gasteiger partial charge is 0.436 e. The van der Waals surface area contributed by atoms with E-state index in [4.69, 9.17) is 0 Å².